The fraction of sp³-hybridized carbons (Fsp3) is 0.174. The first-order valence-electron chi connectivity index (χ1n) is 9.90. The summed E-state index contributed by atoms with van der Waals surface area (Å²) in [7, 11) is 1.70. The van der Waals surface area contributed by atoms with E-state index in [9.17, 15) is 4.79 Å². The fourth-order valence-electron chi connectivity index (χ4n) is 3.76. The molecular weight excluding hydrogens is 390 g/mol. The molecule has 0 radical (unpaired) electrons. The van der Waals surface area contributed by atoms with Crippen LogP contribution < -0.4 is 11.3 Å². The number of hydrogen-bond acceptors (Lipinski definition) is 6. The van der Waals surface area contributed by atoms with Crippen molar-refractivity contribution in [3.63, 3.8) is 0 Å². The second-order valence-electron chi connectivity index (χ2n) is 7.40. The summed E-state index contributed by atoms with van der Waals surface area (Å²) in [4.78, 5) is 21.9. The molecule has 1 atom stereocenters. The number of anilines is 1. The van der Waals surface area contributed by atoms with Crippen molar-refractivity contribution in [3.05, 3.63) is 93.3 Å². The Morgan fingerprint density at radius 3 is 2.55 bits per heavy atom. The fourth-order valence-corrected chi connectivity index (χ4v) is 3.76. The van der Waals surface area contributed by atoms with Gasteiger partial charge in [-0.15, -0.1) is 4.80 Å². The molecule has 5 rings (SSSR count). The maximum atomic E-state index is 12.5. The number of benzene rings is 1. The summed E-state index contributed by atoms with van der Waals surface area (Å²) in [5.74, 6) is 6.91. The number of aryl methyl sites for hydroxylation is 1. The minimum atomic E-state index is -0.188. The molecule has 0 spiro atoms. The van der Waals surface area contributed by atoms with E-state index in [1.54, 1.807) is 30.3 Å². The molecular formula is C23H19N7O. The predicted molar refractivity (Wildman–Crippen MR) is 116 cm³/mol. The molecule has 0 saturated heterocycles. The molecule has 152 valence electrons. The minimum absolute atomic E-state index is 0.188. The van der Waals surface area contributed by atoms with Crippen LogP contribution in [0, 0.1) is 11.8 Å². The van der Waals surface area contributed by atoms with Gasteiger partial charge in [-0.05, 0) is 24.5 Å². The average Bonchev–Trinajstić information content (AvgIpc) is 3.37. The largest absolute Gasteiger partial charge is 0.368 e. The van der Waals surface area contributed by atoms with Gasteiger partial charge in [-0.1, -0.05) is 42.2 Å². The smallest absolute Gasteiger partial charge is 0.253 e. The van der Waals surface area contributed by atoms with Gasteiger partial charge >= 0.3 is 0 Å². The SMILES string of the molecule is Cn1c(-n2nc3c(n2)C(c2ccccc2)CC3)cc(C#Cc2cnc(N)nc2)cc1=O. The molecule has 3 heterocycles. The summed E-state index contributed by atoms with van der Waals surface area (Å²) in [6.07, 6.45) is 4.93. The monoisotopic (exact) mass is 409 g/mol. The van der Waals surface area contributed by atoms with E-state index in [-0.39, 0.29) is 17.4 Å². The number of nitrogens with zero attached hydrogens (tertiary/aromatic N) is 6. The predicted octanol–water partition coefficient (Wildman–Crippen LogP) is 1.82. The average molecular weight is 409 g/mol. The number of hydrogen-bond donors (Lipinski definition) is 1. The molecule has 1 aliphatic rings. The Labute approximate surface area is 178 Å². The summed E-state index contributed by atoms with van der Waals surface area (Å²) < 4.78 is 1.52. The highest BCUT2D eigenvalue weighted by Crippen LogP contribution is 2.36. The number of aromatic nitrogens is 6. The molecule has 8 heteroatoms. The first-order valence-corrected chi connectivity index (χ1v) is 9.90. The van der Waals surface area contributed by atoms with Crippen LogP contribution >= 0.6 is 0 Å². The zero-order chi connectivity index (χ0) is 21.4. The lowest BCUT2D eigenvalue weighted by Crippen LogP contribution is -2.22. The topological polar surface area (TPSA) is 105 Å². The maximum absolute atomic E-state index is 12.5. The second kappa shape index (κ2) is 7.54. The van der Waals surface area contributed by atoms with Gasteiger partial charge in [-0.3, -0.25) is 9.36 Å². The quantitative estimate of drug-likeness (QED) is 0.507. The number of pyridine rings is 1. The van der Waals surface area contributed by atoms with Crippen LogP contribution in [0.5, 0.6) is 0 Å². The Balaban J connectivity index is 1.52. The van der Waals surface area contributed by atoms with Crippen LogP contribution in [0.25, 0.3) is 5.82 Å². The zero-order valence-electron chi connectivity index (χ0n) is 16.9. The molecule has 3 aromatic heterocycles. The van der Waals surface area contributed by atoms with Crippen LogP contribution in [0.4, 0.5) is 5.95 Å². The van der Waals surface area contributed by atoms with Gasteiger partial charge in [0.2, 0.25) is 5.95 Å². The van der Waals surface area contributed by atoms with Crippen LogP contribution in [0.1, 0.15) is 40.4 Å². The number of nitrogen functional groups attached to an aromatic ring is 1. The van der Waals surface area contributed by atoms with E-state index in [1.165, 1.54) is 16.2 Å². The normalized spacial score (nSPS) is 14.7. The molecule has 4 aromatic rings. The number of fused-ring (bicyclic) bond motifs is 1. The Kier molecular flexibility index (Phi) is 4.56. The van der Waals surface area contributed by atoms with E-state index in [2.05, 4.69) is 39.0 Å². The Morgan fingerprint density at radius 1 is 1.03 bits per heavy atom. The van der Waals surface area contributed by atoms with Gasteiger partial charge in [0.25, 0.3) is 5.56 Å². The van der Waals surface area contributed by atoms with Crippen LogP contribution in [0.15, 0.2) is 59.7 Å². The van der Waals surface area contributed by atoms with Gasteiger partial charge in [-0.2, -0.15) is 10.2 Å². The Morgan fingerprint density at radius 2 is 1.77 bits per heavy atom. The van der Waals surface area contributed by atoms with Gasteiger partial charge in [-0.25, -0.2) is 9.97 Å². The van der Waals surface area contributed by atoms with E-state index in [1.807, 2.05) is 18.2 Å². The summed E-state index contributed by atoms with van der Waals surface area (Å²) in [6, 6.07) is 13.6. The lowest BCUT2D eigenvalue weighted by Gasteiger charge is -2.10. The highest BCUT2D eigenvalue weighted by Gasteiger charge is 2.29. The third-order valence-corrected chi connectivity index (χ3v) is 5.38. The first-order chi connectivity index (χ1) is 15.1. The van der Waals surface area contributed by atoms with Crippen molar-refractivity contribution in [1.29, 1.82) is 0 Å². The molecule has 2 N–H and O–H groups in total. The van der Waals surface area contributed by atoms with E-state index in [0.29, 0.717) is 16.9 Å². The van der Waals surface area contributed by atoms with Crippen molar-refractivity contribution in [1.82, 2.24) is 29.5 Å². The van der Waals surface area contributed by atoms with E-state index < -0.39 is 0 Å². The maximum Gasteiger partial charge on any atom is 0.253 e. The van der Waals surface area contributed by atoms with Gasteiger partial charge in [0, 0.05) is 37.0 Å². The summed E-state index contributed by atoms with van der Waals surface area (Å²) >= 11 is 0. The van der Waals surface area contributed by atoms with Crippen molar-refractivity contribution >= 4 is 5.95 Å². The molecule has 8 nitrogen and oxygen atoms in total. The Hall–Kier alpha value is -4.25. The molecule has 1 aromatic carbocycles. The van der Waals surface area contributed by atoms with Crippen LogP contribution in [0.3, 0.4) is 0 Å². The van der Waals surface area contributed by atoms with Crippen molar-refractivity contribution in [3.8, 4) is 17.7 Å². The highest BCUT2D eigenvalue weighted by molar-refractivity contribution is 5.44. The molecule has 0 amide bonds. The lowest BCUT2D eigenvalue weighted by molar-refractivity contribution is 0.630. The standard InChI is InChI=1S/C23H19N7O/c1-29-20(11-15(12-21(29)31)7-8-16-13-25-23(24)26-14-16)30-27-19-10-9-18(22(19)28-30)17-5-3-2-4-6-17/h2-6,11-14,18H,9-10H2,1H3,(H2,24,25,26). The molecule has 0 saturated carbocycles. The van der Waals surface area contributed by atoms with E-state index in [4.69, 9.17) is 10.8 Å². The third-order valence-electron chi connectivity index (χ3n) is 5.38. The molecule has 1 unspecified atom stereocenters. The zero-order valence-corrected chi connectivity index (χ0v) is 16.9. The first kappa shape index (κ1) is 18.8. The van der Waals surface area contributed by atoms with Gasteiger partial charge in [0.1, 0.15) is 0 Å². The van der Waals surface area contributed by atoms with Crippen LogP contribution in [0.2, 0.25) is 0 Å². The summed E-state index contributed by atoms with van der Waals surface area (Å²) in [6.45, 7) is 0. The van der Waals surface area contributed by atoms with Crippen molar-refractivity contribution in [2.24, 2.45) is 7.05 Å². The lowest BCUT2D eigenvalue weighted by atomic mass is 9.97. The molecule has 0 aliphatic heterocycles. The van der Waals surface area contributed by atoms with Crippen molar-refractivity contribution in [2.45, 2.75) is 18.8 Å². The van der Waals surface area contributed by atoms with Gasteiger partial charge in [0.15, 0.2) is 5.82 Å². The molecule has 31 heavy (non-hydrogen) atoms. The number of rotatable bonds is 2. The summed E-state index contributed by atoms with van der Waals surface area (Å²) in [5, 5.41) is 9.43. The molecule has 0 fully saturated rings. The van der Waals surface area contributed by atoms with Gasteiger partial charge < -0.3 is 5.73 Å². The van der Waals surface area contributed by atoms with Crippen LogP contribution in [-0.4, -0.2) is 29.5 Å². The van der Waals surface area contributed by atoms with Crippen molar-refractivity contribution < 1.29 is 0 Å². The third kappa shape index (κ3) is 3.57. The van der Waals surface area contributed by atoms with E-state index >= 15 is 0 Å². The Bertz CT molecular complexity index is 1380. The summed E-state index contributed by atoms with van der Waals surface area (Å²) in [5.41, 5.74) is 9.65. The second-order valence-corrected chi connectivity index (χ2v) is 7.40. The minimum Gasteiger partial charge on any atom is -0.368 e. The van der Waals surface area contributed by atoms with Crippen LogP contribution in [-0.2, 0) is 13.5 Å². The molecule has 1 aliphatic carbocycles. The highest BCUT2D eigenvalue weighted by atomic mass is 16.1. The van der Waals surface area contributed by atoms with E-state index in [0.717, 1.165) is 24.2 Å². The molecule has 0 bridgehead atoms. The number of nitrogens with two attached hydrogens (primary N) is 1. The van der Waals surface area contributed by atoms with Gasteiger partial charge in [0.05, 0.1) is 17.0 Å². The van der Waals surface area contributed by atoms with Crippen molar-refractivity contribution in [2.75, 3.05) is 5.73 Å².